The Morgan fingerprint density at radius 1 is 1.26 bits per heavy atom. The molecule has 3 heterocycles. The molecular weight excluding hydrogens is 431 g/mol. The van der Waals surface area contributed by atoms with Crippen molar-refractivity contribution in [1.29, 1.82) is 0 Å². The van der Waals surface area contributed by atoms with Crippen LogP contribution in [0.1, 0.15) is 30.3 Å². The van der Waals surface area contributed by atoms with Gasteiger partial charge in [0.1, 0.15) is 11.9 Å². The predicted molar refractivity (Wildman–Crippen MR) is 115 cm³/mol. The van der Waals surface area contributed by atoms with Crippen molar-refractivity contribution in [2.45, 2.75) is 38.8 Å². The van der Waals surface area contributed by atoms with Crippen LogP contribution in [-0.2, 0) is 23.1 Å². The van der Waals surface area contributed by atoms with E-state index in [1.54, 1.807) is 30.8 Å². The Hall–Kier alpha value is -2.30. The van der Waals surface area contributed by atoms with Gasteiger partial charge in [-0.05, 0) is 49.1 Å². The summed E-state index contributed by atoms with van der Waals surface area (Å²) in [5.74, 6) is 0.613. The summed E-state index contributed by atoms with van der Waals surface area (Å²) in [5, 5.41) is 0. The van der Waals surface area contributed by atoms with Crippen LogP contribution in [0.4, 0.5) is 13.2 Å². The van der Waals surface area contributed by atoms with Gasteiger partial charge in [0.25, 0.3) is 5.56 Å². The lowest BCUT2D eigenvalue weighted by Gasteiger charge is -2.15. The minimum Gasteiger partial charge on any atom is -0.370 e. The number of hydrogen-bond donors (Lipinski definition) is 0. The molecular formula is C21H24F3N3O3S. The minimum atomic E-state index is -4.68. The largest absolute Gasteiger partial charge is 0.522 e. The Morgan fingerprint density at radius 3 is 2.68 bits per heavy atom. The molecule has 0 radical (unpaired) electrons. The van der Waals surface area contributed by atoms with E-state index in [0.717, 1.165) is 24.0 Å². The van der Waals surface area contributed by atoms with Gasteiger partial charge in [0.05, 0.1) is 17.6 Å². The van der Waals surface area contributed by atoms with Gasteiger partial charge in [0, 0.05) is 32.0 Å². The van der Waals surface area contributed by atoms with Crippen molar-refractivity contribution in [1.82, 2.24) is 14.1 Å². The van der Waals surface area contributed by atoms with Gasteiger partial charge in [0.2, 0.25) is 0 Å². The Kier molecular flexibility index (Phi) is 6.82. The summed E-state index contributed by atoms with van der Waals surface area (Å²) in [6.07, 6.45) is -1.53. The monoisotopic (exact) mass is 455 g/mol. The number of fused-ring (bicyclic) bond motifs is 1. The average Bonchev–Trinajstić information content (AvgIpc) is 3.32. The zero-order valence-corrected chi connectivity index (χ0v) is 18.2. The van der Waals surface area contributed by atoms with E-state index >= 15 is 0 Å². The van der Waals surface area contributed by atoms with E-state index in [9.17, 15) is 18.0 Å². The van der Waals surface area contributed by atoms with Gasteiger partial charge < -0.3 is 13.9 Å². The molecule has 0 aliphatic carbocycles. The SMILES string of the molecule is Cc1cc(-c2ccc3nc([C@@H]4CCCO4)n(CCOC(F)(F)F)c3c2)cn(C)c1=O.S. The maximum atomic E-state index is 12.5. The first-order valence-electron chi connectivity index (χ1n) is 9.73. The van der Waals surface area contributed by atoms with Crippen molar-refractivity contribution < 1.29 is 22.6 Å². The fourth-order valence-corrected chi connectivity index (χ4v) is 3.87. The summed E-state index contributed by atoms with van der Waals surface area (Å²) in [7, 11) is 1.69. The first-order chi connectivity index (χ1) is 14.2. The Morgan fingerprint density at radius 2 is 2.03 bits per heavy atom. The zero-order chi connectivity index (χ0) is 21.5. The number of aromatic nitrogens is 3. The second-order valence-corrected chi connectivity index (χ2v) is 7.45. The second kappa shape index (κ2) is 9.05. The molecule has 1 aromatic carbocycles. The predicted octanol–water partition coefficient (Wildman–Crippen LogP) is 4.21. The molecule has 1 aliphatic rings. The normalized spacial score (nSPS) is 16.6. The van der Waals surface area contributed by atoms with E-state index in [2.05, 4.69) is 9.72 Å². The van der Waals surface area contributed by atoms with Crippen molar-refractivity contribution in [3.63, 3.8) is 0 Å². The van der Waals surface area contributed by atoms with Crippen molar-refractivity contribution in [2.75, 3.05) is 13.2 Å². The third-order valence-corrected chi connectivity index (χ3v) is 5.27. The van der Waals surface area contributed by atoms with Crippen molar-refractivity contribution in [3.05, 3.63) is 52.2 Å². The van der Waals surface area contributed by atoms with E-state index < -0.39 is 13.0 Å². The van der Waals surface area contributed by atoms with Crippen LogP contribution in [0.25, 0.3) is 22.2 Å². The molecule has 10 heteroatoms. The van der Waals surface area contributed by atoms with Gasteiger partial charge in [-0.25, -0.2) is 4.98 Å². The highest BCUT2D eigenvalue weighted by Crippen LogP contribution is 2.32. The van der Waals surface area contributed by atoms with Crippen molar-refractivity contribution in [3.8, 4) is 11.1 Å². The first kappa shape index (κ1) is 23.4. The van der Waals surface area contributed by atoms with Crippen LogP contribution in [-0.4, -0.2) is 33.7 Å². The van der Waals surface area contributed by atoms with Crippen LogP contribution < -0.4 is 5.56 Å². The summed E-state index contributed by atoms with van der Waals surface area (Å²) in [6, 6.07) is 7.42. The number of hydrogen-bond acceptors (Lipinski definition) is 4. The van der Waals surface area contributed by atoms with Crippen LogP contribution in [0, 0.1) is 6.92 Å². The highest BCUT2D eigenvalue weighted by molar-refractivity contribution is 7.59. The number of pyridine rings is 1. The van der Waals surface area contributed by atoms with E-state index in [4.69, 9.17) is 4.74 Å². The molecule has 6 nitrogen and oxygen atoms in total. The summed E-state index contributed by atoms with van der Waals surface area (Å²) >= 11 is 0. The number of aryl methyl sites for hydroxylation is 2. The molecule has 31 heavy (non-hydrogen) atoms. The summed E-state index contributed by atoms with van der Waals surface area (Å²) < 4.78 is 50.5. The molecule has 3 aromatic rings. The number of halogens is 3. The fraction of sp³-hybridized carbons (Fsp3) is 0.429. The highest BCUT2D eigenvalue weighted by atomic mass is 32.1. The lowest BCUT2D eigenvalue weighted by atomic mass is 10.1. The van der Waals surface area contributed by atoms with Crippen LogP contribution in [0.3, 0.4) is 0 Å². The van der Waals surface area contributed by atoms with Gasteiger partial charge >= 0.3 is 6.36 Å². The smallest absolute Gasteiger partial charge is 0.370 e. The van der Waals surface area contributed by atoms with Gasteiger partial charge in [0.15, 0.2) is 0 Å². The van der Waals surface area contributed by atoms with Crippen molar-refractivity contribution >= 4 is 24.5 Å². The molecule has 1 saturated heterocycles. The molecule has 4 rings (SSSR count). The zero-order valence-electron chi connectivity index (χ0n) is 17.2. The first-order valence-corrected chi connectivity index (χ1v) is 9.73. The molecule has 1 aliphatic heterocycles. The number of imidazole rings is 1. The van der Waals surface area contributed by atoms with E-state index in [0.29, 0.717) is 29.0 Å². The molecule has 1 fully saturated rings. The molecule has 0 saturated carbocycles. The van der Waals surface area contributed by atoms with Gasteiger partial charge in [-0.15, -0.1) is 13.2 Å². The Bertz CT molecular complexity index is 1110. The van der Waals surface area contributed by atoms with Gasteiger partial charge in [-0.1, -0.05) is 6.07 Å². The number of nitrogens with zero attached hydrogens (tertiary/aromatic N) is 3. The van der Waals surface area contributed by atoms with Gasteiger partial charge in [-0.3, -0.25) is 9.53 Å². The minimum absolute atomic E-state index is 0. The standard InChI is InChI=1S/C21H22F3N3O3.H2S/c1-13-10-15(12-26(2)20(13)28)14-5-6-16-17(11-14)27(7-9-30-21(22,23)24)19(25-16)18-4-3-8-29-18;/h5-6,10-12,18H,3-4,7-9H2,1-2H3;1H2/t18-;/m0./s1. The second-order valence-electron chi connectivity index (χ2n) is 7.45. The fourth-order valence-electron chi connectivity index (χ4n) is 3.87. The topological polar surface area (TPSA) is 58.3 Å². The number of benzene rings is 1. The van der Waals surface area contributed by atoms with Gasteiger partial charge in [-0.2, -0.15) is 13.5 Å². The van der Waals surface area contributed by atoms with Crippen LogP contribution >= 0.6 is 13.5 Å². The number of ether oxygens (including phenoxy) is 2. The molecule has 1 atom stereocenters. The number of alkyl halides is 3. The molecule has 168 valence electrons. The van der Waals surface area contributed by atoms with Crippen LogP contribution in [0.5, 0.6) is 0 Å². The average molecular weight is 456 g/mol. The van der Waals surface area contributed by atoms with Crippen LogP contribution in [0.15, 0.2) is 35.3 Å². The quantitative estimate of drug-likeness (QED) is 0.578. The van der Waals surface area contributed by atoms with E-state index in [1.807, 2.05) is 18.2 Å². The molecule has 2 aromatic heterocycles. The molecule has 0 amide bonds. The summed E-state index contributed by atoms with van der Waals surface area (Å²) in [6.45, 7) is 1.84. The molecule has 0 bridgehead atoms. The third kappa shape index (κ3) is 4.97. The maximum absolute atomic E-state index is 12.5. The Balaban J connectivity index is 0.00000272. The lowest BCUT2D eigenvalue weighted by molar-refractivity contribution is -0.325. The molecule has 0 N–H and O–H groups in total. The highest BCUT2D eigenvalue weighted by Gasteiger charge is 2.30. The third-order valence-electron chi connectivity index (χ3n) is 5.27. The number of rotatable bonds is 5. The van der Waals surface area contributed by atoms with Crippen LogP contribution in [0.2, 0.25) is 0 Å². The maximum Gasteiger partial charge on any atom is 0.522 e. The Labute approximate surface area is 184 Å². The lowest BCUT2D eigenvalue weighted by Crippen LogP contribution is -2.19. The molecule has 0 spiro atoms. The van der Waals surface area contributed by atoms with E-state index in [-0.39, 0.29) is 31.7 Å². The van der Waals surface area contributed by atoms with Crippen molar-refractivity contribution in [2.24, 2.45) is 7.05 Å². The van der Waals surface area contributed by atoms with E-state index in [1.165, 1.54) is 4.57 Å². The molecule has 0 unspecified atom stereocenters. The summed E-state index contributed by atoms with van der Waals surface area (Å²) in [5.41, 5.74) is 3.61. The summed E-state index contributed by atoms with van der Waals surface area (Å²) in [4.78, 5) is 16.6.